The highest BCUT2D eigenvalue weighted by Gasteiger charge is 2.34. The fraction of sp³-hybridized carbons (Fsp3) is 0.556. The first-order valence-corrected chi connectivity index (χ1v) is 8.71. The number of benzene rings is 1. The summed E-state index contributed by atoms with van der Waals surface area (Å²) in [5, 5.41) is 0. The van der Waals surface area contributed by atoms with Crippen molar-refractivity contribution < 1.29 is 4.79 Å². The van der Waals surface area contributed by atoms with Crippen LogP contribution in [0.3, 0.4) is 0 Å². The van der Waals surface area contributed by atoms with Gasteiger partial charge in [-0.2, -0.15) is 0 Å². The largest absolute Gasteiger partial charge is 0.340 e. The lowest BCUT2D eigenvalue weighted by atomic mass is 10.2. The molecule has 0 atom stereocenters. The quantitative estimate of drug-likeness (QED) is 0.868. The van der Waals surface area contributed by atoms with Crippen molar-refractivity contribution in [3.8, 4) is 0 Å². The van der Waals surface area contributed by atoms with Gasteiger partial charge in [0.25, 0.3) is 0 Å². The van der Waals surface area contributed by atoms with Crippen molar-refractivity contribution in [3.05, 3.63) is 30.1 Å². The van der Waals surface area contributed by atoms with Crippen LogP contribution in [0.1, 0.15) is 25.6 Å². The van der Waals surface area contributed by atoms with Gasteiger partial charge in [-0.15, -0.1) is 0 Å². The average Bonchev–Trinajstić information content (AvgIpc) is 3.37. The summed E-state index contributed by atoms with van der Waals surface area (Å²) >= 11 is 0. The standard InChI is InChI=1S/C18H24N4O/c1-2-22-16-6-4-3-5-15(16)19-17(22)13-20-9-11-21(12-10-20)18(23)14-7-8-14/h3-6,14H,2,7-13H2,1H3. The molecule has 1 aliphatic carbocycles. The lowest BCUT2D eigenvalue weighted by molar-refractivity contribution is -0.134. The molecule has 0 unspecified atom stereocenters. The van der Waals surface area contributed by atoms with Crippen LogP contribution >= 0.6 is 0 Å². The van der Waals surface area contributed by atoms with Crippen LogP contribution in [0.25, 0.3) is 11.0 Å². The van der Waals surface area contributed by atoms with Crippen molar-refractivity contribution in [1.82, 2.24) is 19.4 Å². The van der Waals surface area contributed by atoms with Gasteiger partial charge in [0.1, 0.15) is 5.82 Å². The number of carbonyl (C=O) groups excluding carboxylic acids is 1. The number of hydrogen-bond donors (Lipinski definition) is 0. The zero-order valence-corrected chi connectivity index (χ0v) is 13.7. The van der Waals surface area contributed by atoms with E-state index in [1.54, 1.807) is 0 Å². The number of piperazine rings is 1. The number of aromatic nitrogens is 2. The van der Waals surface area contributed by atoms with Crippen LogP contribution in [-0.2, 0) is 17.9 Å². The Morgan fingerprint density at radius 3 is 2.61 bits per heavy atom. The van der Waals surface area contributed by atoms with E-state index in [1.165, 1.54) is 5.52 Å². The second-order valence-electron chi connectivity index (χ2n) is 6.64. The number of para-hydroxylation sites is 2. The van der Waals surface area contributed by atoms with Crippen LogP contribution in [-0.4, -0.2) is 51.4 Å². The Hall–Kier alpha value is -1.88. The molecule has 2 aliphatic rings. The van der Waals surface area contributed by atoms with Gasteiger partial charge in [0.2, 0.25) is 5.91 Å². The Kier molecular flexibility index (Phi) is 3.81. The molecule has 23 heavy (non-hydrogen) atoms. The maximum atomic E-state index is 12.1. The third-order valence-corrected chi connectivity index (χ3v) is 5.03. The Balaban J connectivity index is 1.44. The van der Waals surface area contributed by atoms with Crippen LogP contribution in [0.5, 0.6) is 0 Å². The summed E-state index contributed by atoms with van der Waals surface area (Å²) in [6.45, 7) is 7.61. The van der Waals surface area contributed by atoms with E-state index < -0.39 is 0 Å². The Morgan fingerprint density at radius 2 is 1.91 bits per heavy atom. The summed E-state index contributed by atoms with van der Waals surface area (Å²) in [6, 6.07) is 8.34. The molecule has 1 saturated carbocycles. The highest BCUT2D eigenvalue weighted by Crippen LogP contribution is 2.31. The van der Waals surface area contributed by atoms with Gasteiger partial charge in [-0.05, 0) is 31.9 Å². The van der Waals surface area contributed by atoms with Crippen molar-refractivity contribution in [2.45, 2.75) is 32.9 Å². The number of hydrogen-bond acceptors (Lipinski definition) is 3. The van der Waals surface area contributed by atoms with Crippen molar-refractivity contribution in [3.63, 3.8) is 0 Å². The monoisotopic (exact) mass is 312 g/mol. The van der Waals surface area contributed by atoms with E-state index in [2.05, 4.69) is 39.5 Å². The molecule has 2 fully saturated rings. The molecule has 0 radical (unpaired) electrons. The van der Waals surface area contributed by atoms with Crippen LogP contribution in [0.2, 0.25) is 0 Å². The number of aryl methyl sites for hydroxylation is 1. The summed E-state index contributed by atoms with van der Waals surface area (Å²) in [5.74, 6) is 1.85. The Labute approximate surface area is 136 Å². The summed E-state index contributed by atoms with van der Waals surface area (Å²) in [6.07, 6.45) is 2.19. The van der Waals surface area contributed by atoms with Gasteiger partial charge in [-0.3, -0.25) is 9.69 Å². The topological polar surface area (TPSA) is 41.4 Å². The molecule has 1 aromatic carbocycles. The number of amides is 1. The Bertz CT molecular complexity index is 711. The van der Waals surface area contributed by atoms with Gasteiger partial charge in [0.15, 0.2) is 0 Å². The minimum absolute atomic E-state index is 0.339. The fourth-order valence-electron chi connectivity index (χ4n) is 3.51. The molecule has 2 heterocycles. The van der Waals surface area contributed by atoms with Gasteiger partial charge >= 0.3 is 0 Å². The summed E-state index contributed by atoms with van der Waals surface area (Å²) < 4.78 is 2.30. The molecule has 4 rings (SSSR count). The number of nitrogens with zero attached hydrogens (tertiary/aromatic N) is 4. The fourth-order valence-corrected chi connectivity index (χ4v) is 3.51. The molecule has 1 saturated heterocycles. The Morgan fingerprint density at radius 1 is 1.17 bits per heavy atom. The van der Waals surface area contributed by atoms with E-state index >= 15 is 0 Å². The molecule has 1 aromatic heterocycles. The summed E-state index contributed by atoms with van der Waals surface area (Å²) in [7, 11) is 0. The van der Waals surface area contributed by atoms with Crippen molar-refractivity contribution in [1.29, 1.82) is 0 Å². The SMILES string of the molecule is CCn1c(CN2CCN(C(=O)C3CC3)CC2)nc2ccccc21. The lowest BCUT2D eigenvalue weighted by Gasteiger charge is -2.34. The van der Waals surface area contributed by atoms with E-state index in [1.807, 2.05) is 6.07 Å². The van der Waals surface area contributed by atoms with E-state index in [4.69, 9.17) is 4.98 Å². The molecule has 0 N–H and O–H groups in total. The maximum absolute atomic E-state index is 12.1. The van der Waals surface area contributed by atoms with E-state index in [0.717, 1.165) is 63.5 Å². The number of carbonyl (C=O) groups is 1. The lowest BCUT2D eigenvalue weighted by Crippen LogP contribution is -2.49. The highest BCUT2D eigenvalue weighted by atomic mass is 16.2. The molecule has 5 heteroatoms. The molecular weight excluding hydrogens is 288 g/mol. The predicted molar refractivity (Wildman–Crippen MR) is 90.0 cm³/mol. The first-order chi connectivity index (χ1) is 11.3. The molecule has 5 nitrogen and oxygen atoms in total. The third-order valence-electron chi connectivity index (χ3n) is 5.03. The van der Waals surface area contributed by atoms with E-state index in [0.29, 0.717) is 11.8 Å². The predicted octanol–water partition coefficient (Wildman–Crippen LogP) is 2.11. The minimum Gasteiger partial charge on any atom is -0.340 e. The van der Waals surface area contributed by atoms with Gasteiger partial charge < -0.3 is 9.47 Å². The second kappa shape index (κ2) is 5.96. The zero-order valence-electron chi connectivity index (χ0n) is 13.7. The first kappa shape index (κ1) is 14.7. The highest BCUT2D eigenvalue weighted by molar-refractivity contribution is 5.81. The number of rotatable bonds is 4. The average molecular weight is 312 g/mol. The molecule has 1 amide bonds. The number of imidazole rings is 1. The second-order valence-corrected chi connectivity index (χ2v) is 6.64. The van der Waals surface area contributed by atoms with Crippen LogP contribution in [0, 0.1) is 5.92 Å². The van der Waals surface area contributed by atoms with Gasteiger partial charge in [0, 0.05) is 38.6 Å². The molecule has 2 aromatic rings. The maximum Gasteiger partial charge on any atom is 0.225 e. The van der Waals surface area contributed by atoms with Crippen molar-refractivity contribution >= 4 is 16.9 Å². The van der Waals surface area contributed by atoms with E-state index in [-0.39, 0.29) is 0 Å². The molecular formula is C18H24N4O. The smallest absolute Gasteiger partial charge is 0.225 e. The molecule has 122 valence electrons. The third kappa shape index (κ3) is 2.85. The summed E-state index contributed by atoms with van der Waals surface area (Å²) in [4.78, 5) is 21.4. The normalized spacial score (nSPS) is 19.4. The molecule has 0 spiro atoms. The molecule has 1 aliphatic heterocycles. The van der Waals surface area contributed by atoms with Crippen LogP contribution in [0.4, 0.5) is 0 Å². The van der Waals surface area contributed by atoms with Crippen molar-refractivity contribution in [2.75, 3.05) is 26.2 Å². The van der Waals surface area contributed by atoms with Gasteiger partial charge in [0.05, 0.1) is 17.6 Å². The molecule has 0 bridgehead atoms. The zero-order chi connectivity index (χ0) is 15.8. The van der Waals surface area contributed by atoms with Crippen LogP contribution < -0.4 is 0 Å². The minimum atomic E-state index is 0.339. The van der Waals surface area contributed by atoms with Gasteiger partial charge in [-0.25, -0.2) is 4.98 Å². The van der Waals surface area contributed by atoms with Crippen LogP contribution in [0.15, 0.2) is 24.3 Å². The number of fused-ring (bicyclic) bond motifs is 1. The van der Waals surface area contributed by atoms with Gasteiger partial charge in [-0.1, -0.05) is 12.1 Å². The van der Waals surface area contributed by atoms with E-state index in [9.17, 15) is 4.79 Å². The van der Waals surface area contributed by atoms with Crippen molar-refractivity contribution in [2.24, 2.45) is 5.92 Å². The summed E-state index contributed by atoms with van der Waals surface area (Å²) in [5.41, 5.74) is 2.29. The first-order valence-electron chi connectivity index (χ1n) is 8.71.